The van der Waals surface area contributed by atoms with Crippen LogP contribution in [0.25, 0.3) is 11.3 Å². The van der Waals surface area contributed by atoms with E-state index in [4.69, 9.17) is 0 Å². The van der Waals surface area contributed by atoms with Crippen molar-refractivity contribution in [2.24, 2.45) is 0 Å². The first kappa shape index (κ1) is 17.9. The van der Waals surface area contributed by atoms with Crippen LogP contribution in [0.1, 0.15) is 35.2 Å². The van der Waals surface area contributed by atoms with Crippen molar-refractivity contribution in [1.82, 2.24) is 10.2 Å². The van der Waals surface area contributed by atoms with E-state index in [0.29, 0.717) is 29.8 Å². The lowest BCUT2D eigenvalue weighted by molar-refractivity contribution is -0.147. The van der Waals surface area contributed by atoms with E-state index in [0.717, 1.165) is 17.5 Å². The summed E-state index contributed by atoms with van der Waals surface area (Å²) in [7, 11) is 0. The van der Waals surface area contributed by atoms with Gasteiger partial charge in [0.2, 0.25) is 0 Å². The van der Waals surface area contributed by atoms with Gasteiger partial charge >= 0.3 is 5.97 Å². The zero-order chi connectivity index (χ0) is 19.6. The molecular weight excluding hydrogens is 354 g/mol. The Hall–Kier alpha value is -3.54. The SMILES string of the molecule is O=C(Nc1cccc(C2(C(=O)O)CCC2)c1)c1cnnc(-c2ccccc2)c1. The van der Waals surface area contributed by atoms with Gasteiger partial charge in [-0.05, 0) is 36.6 Å². The molecule has 3 aromatic rings. The number of benzene rings is 2. The number of carbonyl (C=O) groups excluding carboxylic acids is 1. The van der Waals surface area contributed by atoms with Crippen LogP contribution in [-0.2, 0) is 10.2 Å². The average molecular weight is 373 g/mol. The number of carboxylic acids is 1. The highest BCUT2D eigenvalue weighted by molar-refractivity contribution is 6.04. The highest BCUT2D eigenvalue weighted by atomic mass is 16.4. The van der Waals surface area contributed by atoms with Gasteiger partial charge in [0.05, 0.1) is 22.9 Å². The van der Waals surface area contributed by atoms with Gasteiger partial charge in [-0.2, -0.15) is 10.2 Å². The summed E-state index contributed by atoms with van der Waals surface area (Å²) in [5.74, 6) is -1.13. The third-order valence-electron chi connectivity index (χ3n) is 5.28. The molecule has 6 heteroatoms. The summed E-state index contributed by atoms with van der Waals surface area (Å²) in [6.07, 6.45) is 3.55. The summed E-state index contributed by atoms with van der Waals surface area (Å²) >= 11 is 0. The first-order valence-electron chi connectivity index (χ1n) is 9.12. The minimum Gasteiger partial charge on any atom is -0.481 e. The third-order valence-corrected chi connectivity index (χ3v) is 5.28. The van der Waals surface area contributed by atoms with Gasteiger partial charge in [-0.1, -0.05) is 48.9 Å². The molecule has 1 heterocycles. The molecule has 28 heavy (non-hydrogen) atoms. The number of anilines is 1. The summed E-state index contributed by atoms with van der Waals surface area (Å²) in [5.41, 5.74) is 2.33. The number of amides is 1. The molecule has 4 rings (SSSR count). The van der Waals surface area contributed by atoms with Crippen molar-refractivity contribution in [3.63, 3.8) is 0 Å². The molecule has 0 bridgehead atoms. The summed E-state index contributed by atoms with van der Waals surface area (Å²) in [6.45, 7) is 0. The lowest BCUT2D eigenvalue weighted by atomic mass is 9.64. The molecule has 0 radical (unpaired) electrons. The molecule has 0 atom stereocenters. The fraction of sp³-hybridized carbons (Fsp3) is 0.182. The monoisotopic (exact) mass is 373 g/mol. The largest absolute Gasteiger partial charge is 0.481 e. The second-order valence-corrected chi connectivity index (χ2v) is 6.97. The molecule has 1 amide bonds. The molecule has 1 fully saturated rings. The average Bonchev–Trinajstić information content (AvgIpc) is 2.68. The van der Waals surface area contributed by atoms with Crippen LogP contribution in [-0.4, -0.2) is 27.2 Å². The highest BCUT2D eigenvalue weighted by Crippen LogP contribution is 2.44. The molecule has 1 aliphatic rings. The number of rotatable bonds is 5. The number of nitrogens with one attached hydrogen (secondary N) is 1. The lowest BCUT2D eigenvalue weighted by Gasteiger charge is -2.38. The maximum Gasteiger partial charge on any atom is 0.314 e. The van der Waals surface area contributed by atoms with Crippen LogP contribution in [0.2, 0.25) is 0 Å². The second-order valence-electron chi connectivity index (χ2n) is 6.97. The van der Waals surface area contributed by atoms with Crippen LogP contribution in [0, 0.1) is 0 Å². The Kier molecular flexibility index (Phi) is 4.61. The van der Waals surface area contributed by atoms with E-state index in [1.54, 1.807) is 24.3 Å². The fourth-order valence-corrected chi connectivity index (χ4v) is 3.50. The zero-order valence-electron chi connectivity index (χ0n) is 15.1. The molecule has 0 spiro atoms. The molecule has 140 valence electrons. The van der Waals surface area contributed by atoms with E-state index in [2.05, 4.69) is 15.5 Å². The fourth-order valence-electron chi connectivity index (χ4n) is 3.50. The molecule has 6 nitrogen and oxygen atoms in total. The van der Waals surface area contributed by atoms with E-state index in [1.807, 2.05) is 36.4 Å². The smallest absolute Gasteiger partial charge is 0.314 e. The molecule has 0 unspecified atom stereocenters. The number of aliphatic carboxylic acids is 1. The molecule has 2 aromatic carbocycles. The molecule has 0 aliphatic heterocycles. The summed E-state index contributed by atoms with van der Waals surface area (Å²) in [6, 6.07) is 18.3. The first-order valence-corrected chi connectivity index (χ1v) is 9.12. The second kappa shape index (κ2) is 7.23. The van der Waals surface area contributed by atoms with Crippen LogP contribution in [0.4, 0.5) is 5.69 Å². The predicted molar refractivity (Wildman–Crippen MR) is 105 cm³/mol. The van der Waals surface area contributed by atoms with Crippen molar-refractivity contribution >= 4 is 17.6 Å². The zero-order valence-corrected chi connectivity index (χ0v) is 15.1. The van der Waals surface area contributed by atoms with Crippen molar-refractivity contribution < 1.29 is 14.7 Å². The van der Waals surface area contributed by atoms with Crippen LogP contribution in [0.5, 0.6) is 0 Å². The van der Waals surface area contributed by atoms with Crippen LogP contribution >= 0.6 is 0 Å². The molecule has 0 saturated heterocycles. The first-order chi connectivity index (χ1) is 13.6. The Morgan fingerprint density at radius 2 is 1.79 bits per heavy atom. The minimum atomic E-state index is -0.834. The van der Waals surface area contributed by atoms with Crippen molar-refractivity contribution in [3.8, 4) is 11.3 Å². The highest BCUT2D eigenvalue weighted by Gasteiger charge is 2.45. The minimum absolute atomic E-state index is 0.317. The van der Waals surface area contributed by atoms with Gasteiger partial charge in [0.1, 0.15) is 0 Å². The van der Waals surface area contributed by atoms with Gasteiger partial charge in [0.15, 0.2) is 0 Å². The Labute approximate surface area is 162 Å². The summed E-state index contributed by atoms with van der Waals surface area (Å²) in [5, 5.41) is 20.5. The lowest BCUT2D eigenvalue weighted by Crippen LogP contribution is -2.42. The maximum atomic E-state index is 12.7. The van der Waals surface area contributed by atoms with Crippen LogP contribution in [0.3, 0.4) is 0 Å². The maximum absolute atomic E-state index is 12.7. The van der Waals surface area contributed by atoms with Crippen molar-refractivity contribution in [1.29, 1.82) is 0 Å². The number of aromatic nitrogens is 2. The van der Waals surface area contributed by atoms with Crippen molar-refractivity contribution in [2.75, 3.05) is 5.32 Å². The van der Waals surface area contributed by atoms with E-state index in [9.17, 15) is 14.7 Å². The van der Waals surface area contributed by atoms with Gasteiger partial charge in [-0.3, -0.25) is 9.59 Å². The number of carboxylic acid groups (broad SMARTS) is 1. The van der Waals surface area contributed by atoms with Gasteiger partial charge in [0, 0.05) is 11.3 Å². The quantitative estimate of drug-likeness (QED) is 0.708. The van der Waals surface area contributed by atoms with E-state index >= 15 is 0 Å². The van der Waals surface area contributed by atoms with E-state index < -0.39 is 11.4 Å². The number of carbonyl (C=O) groups is 2. The number of nitrogens with zero attached hydrogens (tertiary/aromatic N) is 2. The molecule has 1 aliphatic carbocycles. The standard InChI is InChI=1S/C22H19N3O3/c26-20(16-12-19(25-23-14-16)15-6-2-1-3-7-15)24-18-9-4-8-17(13-18)22(21(27)28)10-5-11-22/h1-4,6-9,12-14H,5,10-11H2,(H,24,26)(H,27,28). The van der Waals surface area contributed by atoms with Crippen molar-refractivity contribution in [3.05, 3.63) is 78.0 Å². The molecule has 1 aromatic heterocycles. The Bertz CT molecular complexity index is 1030. The number of hydrogen-bond acceptors (Lipinski definition) is 4. The van der Waals surface area contributed by atoms with Crippen molar-refractivity contribution in [2.45, 2.75) is 24.7 Å². The van der Waals surface area contributed by atoms with Gasteiger partial charge in [-0.25, -0.2) is 0 Å². The number of hydrogen-bond donors (Lipinski definition) is 2. The van der Waals surface area contributed by atoms with Crippen LogP contribution in [0.15, 0.2) is 66.9 Å². The summed E-state index contributed by atoms with van der Waals surface area (Å²) in [4.78, 5) is 24.4. The van der Waals surface area contributed by atoms with Gasteiger partial charge in [0.25, 0.3) is 5.91 Å². The molecular formula is C22H19N3O3. The van der Waals surface area contributed by atoms with Gasteiger partial charge in [-0.15, -0.1) is 0 Å². The van der Waals surface area contributed by atoms with E-state index in [-0.39, 0.29) is 5.91 Å². The Morgan fingerprint density at radius 3 is 2.46 bits per heavy atom. The van der Waals surface area contributed by atoms with E-state index in [1.165, 1.54) is 6.20 Å². The van der Waals surface area contributed by atoms with Gasteiger partial charge < -0.3 is 10.4 Å². The normalized spacial score (nSPS) is 14.7. The third kappa shape index (κ3) is 3.24. The predicted octanol–water partition coefficient (Wildman–Crippen LogP) is 3.90. The molecule has 1 saturated carbocycles. The Morgan fingerprint density at radius 1 is 1.00 bits per heavy atom. The topological polar surface area (TPSA) is 92.2 Å². The Balaban J connectivity index is 1.56. The van der Waals surface area contributed by atoms with Crippen LogP contribution < -0.4 is 5.32 Å². The molecule has 2 N–H and O–H groups in total. The summed E-state index contributed by atoms with van der Waals surface area (Å²) < 4.78 is 0.